The van der Waals surface area contributed by atoms with Gasteiger partial charge in [0.05, 0.1) is 0 Å². The predicted molar refractivity (Wildman–Crippen MR) is 46.5 cm³/mol. The van der Waals surface area contributed by atoms with Crippen molar-refractivity contribution in [3.63, 3.8) is 0 Å². The maximum atomic E-state index is 3.25. The van der Waals surface area contributed by atoms with Crippen LogP contribution in [0.1, 0.15) is 13.9 Å². The van der Waals surface area contributed by atoms with E-state index in [0.717, 1.165) is 6.54 Å². The third-order valence-corrected chi connectivity index (χ3v) is 1.40. The Morgan fingerprint density at radius 3 is 2.73 bits per heavy atom. The number of hydrogen-bond acceptors (Lipinski definition) is 1. The van der Waals surface area contributed by atoms with Gasteiger partial charge in [0.25, 0.3) is 0 Å². The molecule has 0 atom stereocenters. The predicted octanol–water partition coefficient (Wildman–Crippen LogP) is -0.457. The summed E-state index contributed by atoms with van der Waals surface area (Å²) >= 11 is 0. The molecule has 0 saturated heterocycles. The second-order valence-electron chi connectivity index (χ2n) is 2.40. The zero-order chi connectivity index (χ0) is 7.40. The molecule has 0 spiro atoms. The summed E-state index contributed by atoms with van der Waals surface area (Å²) < 4.78 is 0. The molecule has 2 heteroatoms. The van der Waals surface area contributed by atoms with Crippen LogP contribution in [0.3, 0.4) is 0 Å². The fourth-order valence-corrected chi connectivity index (χ4v) is 0.959. The van der Waals surface area contributed by atoms with Gasteiger partial charge in [-0.1, -0.05) is 12.1 Å². The van der Waals surface area contributed by atoms with E-state index in [1.54, 1.807) is 0 Å². The largest absolute Gasteiger partial charge is 1.00 e. The van der Waals surface area contributed by atoms with Crippen LogP contribution in [0.5, 0.6) is 0 Å². The van der Waals surface area contributed by atoms with Crippen LogP contribution in [0.2, 0.25) is 0 Å². The molecule has 0 amide bonds. The Bertz CT molecular complexity index is 215. The average molecular weight is 159 g/mol. The molecule has 56 valence electrons. The summed E-state index contributed by atoms with van der Waals surface area (Å²) in [5.74, 6) is 0. The van der Waals surface area contributed by atoms with Crippen LogP contribution >= 0.6 is 0 Å². The molecule has 0 aliphatic heterocycles. The van der Waals surface area contributed by atoms with Gasteiger partial charge in [0, 0.05) is 12.2 Å². The summed E-state index contributed by atoms with van der Waals surface area (Å²) in [5, 5.41) is 3.25. The molecule has 0 aliphatic rings. The molecule has 0 aliphatic carbocycles. The van der Waals surface area contributed by atoms with E-state index in [1.165, 1.54) is 11.3 Å². The minimum atomic E-state index is 0. The van der Waals surface area contributed by atoms with Gasteiger partial charge in [-0.2, -0.15) is 0 Å². The van der Waals surface area contributed by atoms with Crippen molar-refractivity contribution in [2.75, 3.05) is 11.9 Å². The Morgan fingerprint density at radius 1 is 1.45 bits per heavy atom. The summed E-state index contributed by atoms with van der Waals surface area (Å²) in [7, 11) is 0. The van der Waals surface area contributed by atoms with Gasteiger partial charge in [0.2, 0.25) is 0 Å². The third kappa shape index (κ3) is 3.80. The molecule has 0 fully saturated rings. The van der Waals surface area contributed by atoms with Crippen molar-refractivity contribution in [1.29, 1.82) is 0 Å². The van der Waals surface area contributed by atoms with Gasteiger partial charge in [-0.05, 0) is 31.5 Å². The van der Waals surface area contributed by atoms with Gasteiger partial charge in [0.1, 0.15) is 0 Å². The zero-order valence-electron chi connectivity index (χ0n) is 8.52. The van der Waals surface area contributed by atoms with E-state index < -0.39 is 0 Å². The molecular formula is C9H14NNa. The van der Waals surface area contributed by atoms with Crippen LogP contribution < -0.4 is 34.9 Å². The second-order valence-corrected chi connectivity index (χ2v) is 2.40. The number of hydrogen-bond donors (Lipinski definition) is 1. The Morgan fingerprint density at radius 2 is 2.18 bits per heavy atom. The van der Waals surface area contributed by atoms with E-state index in [9.17, 15) is 0 Å². The molecule has 1 rings (SSSR count). The van der Waals surface area contributed by atoms with Crippen molar-refractivity contribution in [2.24, 2.45) is 0 Å². The first kappa shape index (κ1) is 11.0. The van der Waals surface area contributed by atoms with Crippen molar-refractivity contribution in [3.05, 3.63) is 29.8 Å². The first-order valence-corrected chi connectivity index (χ1v) is 3.63. The summed E-state index contributed by atoms with van der Waals surface area (Å²) in [6, 6.07) is 8.38. The van der Waals surface area contributed by atoms with Crippen molar-refractivity contribution in [3.8, 4) is 0 Å². The molecule has 1 N–H and O–H groups in total. The van der Waals surface area contributed by atoms with Crippen LogP contribution in [0.15, 0.2) is 24.3 Å². The fourth-order valence-electron chi connectivity index (χ4n) is 0.959. The summed E-state index contributed by atoms with van der Waals surface area (Å²) in [6.07, 6.45) is 0. The molecule has 0 bridgehead atoms. The van der Waals surface area contributed by atoms with Crippen molar-refractivity contribution < 1.29 is 31.0 Å². The van der Waals surface area contributed by atoms with Crippen molar-refractivity contribution in [2.45, 2.75) is 13.8 Å². The summed E-state index contributed by atoms with van der Waals surface area (Å²) in [6.45, 7) is 5.19. The monoisotopic (exact) mass is 159 g/mol. The molecule has 1 aromatic rings. The molecular weight excluding hydrogens is 145 g/mol. The molecule has 0 heterocycles. The molecule has 0 aromatic heterocycles. The molecule has 1 aromatic carbocycles. The van der Waals surface area contributed by atoms with E-state index in [1.807, 2.05) is 0 Å². The first-order valence-electron chi connectivity index (χ1n) is 3.63. The summed E-state index contributed by atoms with van der Waals surface area (Å²) in [4.78, 5) is 0. The normalized spacial score (nSPS) is 8.55. The fraction of sp³-hybridized carbons (Fsp3) is 0.333. The second kappa shape index (κ2) is 5.64. The SMILES string of the molecule is CCNc1cccc(C)c1.[H-].[Na+]. The molecule has 0 radical (unpaired) electrons. The number of rotatable bonds is 2. The van der Waals surface area contributed by atoms with Gasteiger partial charge >= 0.3 is 29.6 Å². The van der Waals surface area contributed by atoms with Crippen LogP contribution in [0.25, 0.3) is 0 Å². The Kier molecular flexibility index (Phi) is 5.65. The minimum absolute atomic E-state index is 0. The van der Waals surface area contributed by atoms with E-state index >= 15 is 0 Å². The zero-order valence-corrected chi connectivity index (χ0v) is 9.52. The molecule has 0 saturated carbocycles. The van der Waals surface area contributed by atoms with E-state index in [2.05, 4.69) is 43.4 Å². The van der Waals surface area contributed by atoms with Crippen molar-refractivity contribution >= 4 is 5.69 Å². The standard InChI is InChI=1S/C9H13N.Na.H/c1-3-10-9-6-4-5-8(2)7-9;;/h4-7,10H,3H2,1-2H3;;/q;+1;-1. The van der Waals surface area contributed by atoms with E-state index in [0.29, 0.717) is 0 Å². The molecule has 11 heavy (non-hydrogen) atoms. The number of nitrogens with one attached hydrogen (secondary N) is 1. The van der Waals surface area contributed by atoms with Gasteiger partial charge in [-0.3, -0.25) is 0 Å². The third-order valence-electron chi connectivity index (χ3n) is 1.40. The Hall–Kier alpha value is 0.0200. The van der Waals surface area contributed by atoms with Gasteiger partial charge in [-0.15, -0.1) is 0 Å². The maximum Gasteiger partial charge on any atom is 1.00 e. The van der Waals surface area contributed by atoms with Gasteiger partial charge in [-0.25, -0.2) is 0 Å². The van der Waals surface area contributed by atoms with Crippen LogP contribution in [0.4, 0.5) is 5.69 Å². The maximum absolute atomic E-state index is 3.25. The molecule has 1 nitrogen and oxygen atoms in total. The topological polar surface area (TPSA) is 12.0 Å². The Balaban J connectivity index is 0. The molecule has 0 unspecified atom stereocenters. The number of benzene rings is 1. The quantitative estimate of drug-likeness (QED) is 0.576. The number of anilines is 1. The van der Waals surface area contributed by atoms with Crippen LogP contribution in [-0.4, -0.2) is 6.54 Å². The van der Waals surface area contributed by atoms with Crippen LogP contribution in [-0.2, 0) is 0 Å². The first-order chi connectivity index (χ1) is 4.83. The van der Waals surface area contributed by atoms with E-state index in [4.69, 9.17) is 0 Å². The van der Waals surface area contributed by atoms with E-state index in [-0.39, 0.29) is 31.0 Å². The van der Waals surface area contributed by atoms with Gasteiger partial charge in [0.15, 0.2) is 0 Å². The Labute approximate surface area is 92.0 Å². The summed E-state index contributed by atoms with van der Waals surface area (Å²) in [5.41, 5.74) is 2.51. The van der Waals surface area contributed by atoms with Crippen LogP contribution in [0, 0.1) is 6.92 Å². The smallest absolute Gasteiger partial charge is 1.00 e. The average Bonchev–Trinajstić information content (AvgIpc) is 1.88. The van der Waals surface area contributed by atoms with Crippen molar-refractivity contribution in [1.82, 2.24) is 0 Å². The number of aryl methyl sites for hydroxylation is 1. The minimum Gasteiger partial charge on any atom is -1.00 e. The van der Waals surface area contributed by atoms with Gasteiger partial charge < -0.3 is 6.74 Å².